The van der Waals surface area contributed by atoms with Crippen LogP contribution in [0.5, 0.6) is 0 Å². The Morgan fingerprint density at radius 1 is 0.909 bits per heavy atom. The number of carbonyl (C=O) groups excluding carboxylic acids is 1. The second-order valence-corrected chi connectivity index (χ2v) is 11.9. The van der Waals surface area contributed by atoms with Gasteiger partial charge in [0.1, 0.15) is 5.78 Å². The van der Waals surface area contributed by atoms with E-state index in [1.165, 1.54) is 6.07 Å². The number of nitrogens with one attached hydrogen (secondary N) is 2. The van der Waals surface area contributed by atoms with Gasteiger partial charge in [-0.25, -0.2) is 16.8 Å². The monoisotopic (exact) mass is 494 g/mol. The minimum Gasteiger partial charge on any atom is -0.368 e. The second kappa shape index (κ2) is 10.0. The number of hydrogen-bond donors (Lipinski definition) is 2. The van der Waals surface area contributed by atoms with Gasteiger partial charge in [0.25, 0.3) is 0 Å². The summed E-state index contributed by atoms with van der Waals surface area (Å²) in [6.45, 7) is 3.58. The van der Waals surface area contributed by atoms with Crippen LogP contribution in [-0.2, 0) is 24.8 Å². The first-order valence-electron chi connectivity index (χ1n) is 10.6. The van der Waals surface area contributed by atoms with Crippen molar-refractivity contribution in [2.24, 2.45) is 0 Å². The van der Waals surface area contributed by atoms with Gasteiger partial charge in [-0.15, -0.1) is 0 Å². The number of ketones is 1. The quantitative estimate of drug-likeness (QED) is 0.550. The predicted octanol–water partition coefficient (Wildman–Crippen LogP) is 2.49. The number of piperazine rings is 1. The van der Waals surface area contributed by atoms with Gasteiger partial charge in [-0.1, -0.05) is 18.2 Å². The lowest BCUT2D eigenvalue weighted by Crippen LogP contribution is -2.53. The number of benzene rings is 2. The molecule has 0 saturated carbocycles. The average Bonchev–Trinajstić information content (AvgIpc) is 2.70. The first kappa shape index (κ1) is 24.8. The number of Topliss-reactive ketones (excluding diaryl/α,β-unsaturated/α-hetero) is 1. The Morgan fingerprint density at radius 3 is 2.00 bits per heavy atom. The highest BCUT2D eigenvalue weighted by molar-refractivity contribution is 7.92. The molecule has 180 valence electrons. The molecule has 1 fully saturated rings. The molecule has 2 aromatic carbocycles. The van der Waals surface area contributed by atoms with Gasteiger partial charge >= 0.3 is 0 Å². The van der Waals surface area contributed by atoms with Crippen LogP contribution in [0.4, 0.5) is 22.7 Å². The van der Waals surface area contributed by atoms with Gasteiger partial charge in [0.05, 0.1) is 23.9 Å². The number of hydrogen-bond acceptors (Lipinski definition) is 7. The summed E-state index contributed by atoms with van der Waals surface area (Å²) in [4.78, 5) is 16.1. The molecule has 9 nitrogen and oxygen atoms in total. The highest BCUT2D eigenvalue weighted by atomic mass is 32.2. The van der Waals surface area contributed by atoms with Crippen LogP contribution in [0.2, 0.25) is 0 Å². The minimum atomic E-state index is -3.56. The summed E-state index contributed by atoms with van der Waals surface area (Å²) in [5.41, 5.74) is 2.29. The Balaban J connectivity index is 1.96. The van der Waals surface area contributed by atoms with E-state index in [1.807, 2.05) is 30.3 Å². The number of carbonyl (C=O) groups is 1. The molecule has 1 heterocycles. The van der Waals surface area contributed by atoms with Crippen LogP contribution in [0.1, 0.15) is 19.8 Å². The van der Waals surface area contributed by atoms with Gasteiger partial charge in [-0.3, -0.25) is 9.44 Å². The van der Waals surface area contributed by atoms with Crippen molar-refractivity contribution in [3.8, 4) is 0 Å². The molecular formula is C22H30N4O5S2. The lowest BCUT2D eigenvalue weighted by atomic mass is 10.0. The van der Waals surface area contributed by atoms with E-state index >= 15 is 0 Å². The molecule has 3 rings (SSSR count). The maximum Gasteiger partial charge on any atom is 0.229 e. The molecule has 0 aliphatic carbocycles. The molecule has 0 amide bonds. The molecule has 0 radical (unpaired) electrons. The van der Waals surface area contributed by atoms with E-state index in [-0.39, 0.29) is 23.2 Å². The Labute approximate surface area is 195 Å². The molecule has 2 N–H and O–H groups in total. The summed E-state index contributed by atoms with van der Waals surface area (Å²) in [7, 11) is -7.13. The Bertz CT molecular complexity index is 1150. The summed E-state index contributed by atoms with van der Waals surface area (Å²) in [5.74, 6) is 0.0960. The third-order valence-electron chi connectivity index (χ3n) is 5.29. The molecule has 1 aliphatic heterocycles. The lowest BCUT2D eigenvalue weighted by molar-refractivity contribution is -0.117. The van der Waals surface area contributed by atoms with Crippen LogP contribution in [0.3, 0.4) is 0 Å². The summed E-state index contributed by atoms with van der Waals surface area (Å²) >= 11 is 0. The Hall–Kier alpha value is -2.79. The highest BCUT2D eigenvalue weighted by Crippen LogP contribution is 2.31. The summed E-state index contributed by atoms with van der Waals surface area (Å²) in [5, 5.41) is 0. The van der Waals surface area contributed by atoms with Crippen LogP contribution in [0.15, 0.2) is 48.5 Å². The largest absolute Gasteiger partial charge is 0.368 e. The molecule has 33 heavy (non-hydrogen) atoms. The maximum absolute atomic E-state index is 11.8. The van der Waals surface area contributed by atoms with Crippen molar-refractivity contribution in [3.05, 3.63) is 48.5 Å². The molecular weight excluding hydrogens is 464 g/mol. The van der Waals surface area contributed by atoms with Crippen LogP contribution < -0.4 is 19.2 Å². The second-order valence-electron chi connectivity index (χ2n) is 8.39. The average molecular weight is 495 g/mol. The van der Waals surface area contributed by atoms with E-state index in [1.54, 1.807) is 19.1 Å². The van der Waals surface area contributed by atoms with E-state index < -0.39 is 20.0 Å². The summed E-state index contributed by atoms with van der Waals surface area (Å²) in [6.07, 6.45) is 3.12. The van der Waals surface area contributed by atoms with Crippen LogP contribution in [0.25, 0.3) is 0 Å². The van der Waals surface area contributed by atoms with E-state index in [9.17, 15) is 21.6 Å². The van der Waals surface area contributed by atoms with Crippen LogP contribution >= 0.6 is 0 Å². The summed E-state index contributed by atoms with van der Waals surface area (Å²) < 4.78 is 52.1. The standard InChI is InChI=1S/C22H30N4O5S2/c1-17(27)9-10-21-16-25(20-7-5-4-6-8-20)11-12-26(21)22-14-18(23-32(2,28)29)13-19(15-22)24-33(3,30)31/h4-8,13-15,21,23-24H,9-12,16H2,1-3H3. The smallest absolute Gasteiger partial charge is 0.229 e. The van der Waals surface area contributed by atoms with Crippen molar-refractivity contribution >= 4 is 48.6 Å². The first-order valence-corrected chi connectivity index (χ1v) is 14.3. The predicted molar refractivity (Wildman–Crippen MR) is 133 cm³/mol. The van der Waals surface area contributed by atoms with Gasteiger partial charge in [0, 0.05) is 43.5 Å². The summed E-state index contributed by atoms with van der Waals surface area (Å²) in [6, 6.07) is 14.8. The molecule has 1 saturated heterocycles. The number of rotatable bonds is 9. The van der Waals surface area contributed by atoms with Crippen molar-refractivity contribution in [1.82, 2.24) is 0 Å². The van der Waals surface area contributed by atoms with E-state index in [0.29, 0.717) is 31.6 Å². The van der Waals surface area contributed by atoms with E-state index in [4.69, 9.17) is 0 Å². The van der Waals surface area contributed by atoms with Gasteiger partial charge in [0.2, 0.25) is 20.0 Å². The van der Waals surface area contributed by atoms with Crippen molar-refractivity contribution in [2.45, 2.75) is 25.8 Å². The zero-order valence-corrected chi connectivity index (χ0v) is 20.6. The number of para-hydroxylation sites is 1. The van der Waals surface area contributed by atoms with E-state index in [2.05, 4.69) is 19.2 Å². The fourth-order valence-electron chi connectivity index (χ4n) is 4.01. The number of sulfonamides is 2. The third-order valence-corrected chi connectivity index (χ3v) is 6.50. The zero-order valence-electron chi connectivity index (χ0n) is 19.0. The fraction of sp³-hybridized carbons (Fsp3) is 0.409. The van der Waals surface area contributed by atoms with Gasteiger partial charge in [0.15, 0.2) is 0 Å². The topological polar surface area (TPSA) is 116 Å². The Kier molecular flexibility index (Phi) is 7.53. The van der Waals surface area contributed by atoms with Crippen LogP contribution in [0, 0.1) is 0 Å². The lowest BCUT2D eigenvalue weighted by Gasteiger charge is -2.44. The molecule has 0 bridgehead atoms. The van der Waals surface area contributed by atoms with Gasteiger partial charge < -0.3 is 14.6 Å². The minimum absolute atomic E-state index is 0.0255. The van der Waals surface area contributed by atoms with Crippen molar-refractivity contribution in [1.29, 1.82) is 0 Å². The van der Waals surface area contributed by atoms with Gasteiger partial charge in [-0.2, -0.15) is 0 Å². The number of nitrogens with zero attached hydrogens (tertiary/aromatic N) is 2. The van der Waals surface area contributed by atoms with E-state index in [0.717, 1.165) is 24.7 Å². The SMILES string of the molecule is CC(=O)CCC1CN(c2ccccc2)CCN1c1cc(NS(C)(=O)=O)cc(NS(C)(=O)=O)c1. The highest BCUT2D eigenvalue weighted by Gasteiger charge is 2.28. The molecule has 1 unspecified atom stereocenters. The molecule has 11 heteroatoms. The van der Waals surface area contributed by atoms with Crippen molar-refractivity contribution in [3.63, 3.8) is 0 Å². The fourth-order valence-corrected chi connectivity index (χ4v) is 5.10. The number of anilines is 4. The molecule has 2 aromatic rings. The van der Waals surface area contributed by atoms with Crippen molar-refractivity contribution in [2.75, 3.05) is 51.4 Å². The zero-order chi connectivity index (χ0) is 24.2. The molecule has 1 atom stereocenters. The normalized spacial score (nSPS) is 17.0. The van der Waals surface area contributed by atoms with Gasteiger partial charge in [-0.05, 0) is 43.7 Å². The third kappa shape index (κ3) is 7.64. The van der Waals surface area contributed by atoms with Crippen LogP contribution in [-0.4, -0.2) is 60.8 Å². The van der Waals surface area contributed by atoms with Crippen molar-refractivity contribution < 1.29 is 21.6 Å². The molecule has 0 aromatic heterocycles. The first-order chi connectivity index (χ1) is 15.4. The molecule has 1 aliphatic rings. The molecule has 0 spiro atoms. The maximum atomic E-state index is 11.8. The Morgan fingerprint density at radius 2 is 1.48 bits per heavy atom.